The molecular formula is C11H18N2O2. The zero-order valence-electron chi connectivity index (χ0n) is 9.25. The van der Waals surface area contributed by atoms with Crippen LogP contribution in [0.25, 0.3) is 0 Å². The normalized spacial score (nSPS) is 12.5. The van der Waals surface area contributed by atoms with Crippen LogP contribution in [0.3, 0.4) is 0 Å². The van der Waals surface area contributed by atoms with Gasteiger partial charge >= 0.3 is 0 Å². The van der Waals surface area contributed by atoms with Crippen LogP contribution < -0.4 is 11.1 Å². The van der Waals surface area contributed by atoms with Gasteiger partial charge in [-0.15, -0.1) is 0 Å². The first-order valence-electron chi connectivity index (χ1n) is 5.23. The predicted octanol–water partition coefficient (Wildman–Crippen LogP) is 1.17. The number of aryl methyl sites for hydroxylation is 1. The van der Waals surface area contributed by atoms with E-state index in [4.69, 9.17) is 10.2 Å². The summed E-state index contributed by atoms with van der Waals surface area (Å²) in [7, 11) is 0. The second-order valence-corrected chi connectivity index (χ2v) is 3.66. The molecule has 1 heterocycles. The molecule has 4 nitrogen and oxygen atoms in total. The number of rotatable bonds is 5. The van der Waals surface area contributed by atoms with Gasteiger partial charge in [-0.05, 0) is 18.5 Å². The molecule has 84 valence electrons. The van der Waals surface area contributed by atoms with Gasteiger partial charge in [0, 0.05) is 13.0 Å². The molecule has 0 fully saturated rings. The minimum Gasteiger partial charge on any atom is -0.469 e. The Hall–Kier alpha value is -1.29. The first-order valence-corrected chi connectivity index (χ1v) is 5.23. The summed E-state index contributed by atoms with van der Waals surface area (Å²) in [5.41, 5.74) is 6.09. The highest BCUT2D eigenvalue weighted by atomic mass is 16.3. The van der Waals surface area contributed by atoms with E-state index >= 15 is 0 Å². The van der Waals surface area contributed by atoms with Crippen LogP contribution in [-0.4, -0.2) is 19.0 Å². The summed E-state index contributed by atoms with van der Waals surface area (Å²) < 4.78 is 5.18. The average Bonchev–Trinajstić information content (AvgIpc) is 2.73. The Morgan fingerprint density at radius 2 is 2.40 bits per heavy atom. The maximum Gasteiger partial charge on any atom is 0.254 e. The number of carbonyl (C=O) groups excluding carboxylic acids is 1. The van der Waals surface area contributed by atoms with Crippen molar-refractivity contribution < 1.29 is 9.21 Å². The first kappa shape index (κ1) is 11.8. The zero-order valence-corrected chi connectivity index (χ0v) is 9.25. The van der Waals surface area contributed by atoms with Crippen molar-refractivity contribution in [2.75, 3.05) is 13.1 Å². The van der Waals surface area contributed by atoms with E-state index in [0.717, 1.165) is 12.2 Å². The van der Waals surface area contributed by atoms with E-state index in [1.54, 1.807) is 12.3 Å². The number of nitrogens with one attached hydrogen (secondary N) is 1. The van der Waals surface area contributed by atoms with Crippen molar-refractivity contribution in [3.05, 3.63) is 23.7 Å². The van der Waals surface area contributed by atoms with Crippen LogP contribution in [-0.2, 0) is 6.42 Å². The van der Waals surface area contributed by atoms with Gasteiger partial charge in [0.05, 0.1) is 11.8 Å². The van der Waals surface area contributed by atoms with E-state index in [0.29, 0.717) is 24.6 Å². The second-order valence-electron chi connectivity index (χ2n) is 3.66. The molecule has 0 radical (unpaired) electrons. The molecule has 0 saturated carbocycles. The lowest BCUT2D eigenvalue weighted by Gasteiger charge is -2.09. The van der Waals surface area contributed by atoms with Crippen LogP contribution in [0.15, 0.2) is 16.7 Å². The lowest BCUT2D eigenvalue weighted by Crippen LogP contribution is -2.31. The molecule has 0 aromatic carbocycles. The van der Waals surface area contributed by atoms with Gasteiger partial charge in [0.1, 0.15) is 5.76 Å². The van der Waals surface area contributed by atoms with E-state index in [2.05, 4.69) is 5.32 Å². The Balaban J connectivity index is 2.54. The third-order valence-corrected chi connectivity index (χ3v) is 2.32. The summed E-state index contributed by atoms with van der Waals surface area (Å²) >= 11 is 0. The van der Waals surface area contributed by atoms with Crippen molar-refractivity contribution in [3.8, 4) is 0 Å². The number of nitrogens with two attached hydrogens (primary N) is 1. The quantitative estimate of drug-likeness (QED) is 0.766. The number of furan rings is 1. The fourth-order valence-corrected chi connectivity index (χ4v) is 1.26. The SMILES string of the molecule is CCc1occc1C(=O)NCC(C)CN. The van der Waals surface area contributed by atoms with Gasteiger partial charge in [-0.1, -0.05) is 13.8 Å². The van der Waals surface area contributed by atoms with Crippen LogP contribution in [0.1, 0.15) is 30.0 Å². The highest BCUT2D eigenvalue weighted by Crippen LogP contribution is 2.10. The highest BCUT2D eigenvalue weighted by Gasteiger charge is 2.13. The van der Waals surface area contributed by atoms with Crippen molar-refractivity contribution in [1.82, 2.24) is 5.32 Å². The van der Waals surface area contributed by atoms with Crippen molar-refractivity contribution >= 4 is 5.91 Å². The lowest BCUT2D eigenvalue weighted by atomic mass is 10.1. The maximum absolute atomic E-state index is 11.7. The smallest absolute Gasteiger partial charge is 0.254 e. The van der Waals surface area contributed by atoms with Gasteiger partial charge < -0.3 is 15.5 Å². The Kier molecular flexibility index (Phi) is 4.37. The minimum atomic E-state index is -0.0825. The molecule has 3 N–H and O–H groups in total. The van der Waals surface area contributed by atoms with Crippen molar-refractivity contribution in [2.45, 2.75) is 20.3 Å². The molecule has 15 heavy (non-hydrogen) atoms. The molecular weight excluding hydrogens is 192 g/mol. The maximum atomic E-state index is 11.7. The molecule has 0 spiro atoms. The summed E-state index contributed by atoms with van der Waals surface area (Å²) in [5, 5.41) is 2.83. The molecule has 1 atom stereocenters. The molecule has 1 amide bonds. The van der Waals surface area contributed by atoms with Gasteiger partial charge in [-0.25, -0.2) is 0 Å². The third kappa shape index (κ3) is 3.09. The van der Waals surface area contributed by atoms with E-state index in [9.17, 15) is 4.79 Å². The Bertz CT molecular complexity index is 320. The molecule has 1 unspecified atom stereocenters. The second kappa shape index (κ2) is 5.56. The Morgan fingerprint density at radius 1 is 1.67 bits per heavy atom. The van der Waals surface area contributed by atoms with Gasteiger partial charge in [0.25, 0.3) is 5.91 Å². The summed E-state index contributed by atoms with van der Waals surface area (Å²) in [5.74, 6) is 0.944. The van der Waals surface area contributed by atoms with Gasteiger partial charge in [-0.3, -0.25) is 4.79 Å². The molecule has 0 aliphatic carbocycles. The van der Waals surface area contributed by atoms with Crippen molar-refractivity contribution in [3.63, 3.8) is 0 Å². The summed E-state index contributed by atoms with van der Waals surface area (Å²) in [6.45, 7) is 5.13. The van der Waals surface area contributed by atoms with Crippen LogP contribution in [0.5, 0.6) is 0 Å². The van der Waals surface area contributed by atoms with Crippen LogP contribution >= 0.6 is 0 Å². The monoisotopic (exact) mass is 210 g/mol. The number of hydrogen-bond acceptors (Lipinski definition) is 3. The molecule has 1 rings (SSSR count). The van der Waals surface area contributed by atoms with E-state index in [-0.39, 0.29) is 5.91 Å². The van der Waals surface area contributed by atoms with Gasteiger partial charge in [0.15, 0.2) is 0 Å². The predicted molar refractivity (Wildman–Crippen MR) is 58.6 cm³/mol. The lowest BCUT2D eigenvalue weighted by molar-refractivity contribution is 0.0946. The fourth-order valence-electron chi connectivity index (χ4n) is 1.26. The minimum absolute atomic E-state index is 0.0825. The molecule has 4 heteroatoms. The van der Waals surface area contributed by atoms with Crippen LogP contribution in [0.4, 0.5) is 0 Å². The Labute approximate surface area is 89.8 Å². The average molecular weight is 210 g/mol. The van der Waals surface area contributed by atoms with E-state index in [1.807, 2.05) is 13.8 Å². The summed E-state index contributed by atoms with van der Waals surface area (Å²) in [4.78, 5) is 11.7. The van der Waals surface area contributed by atoms with Gasteiger partial charge in [0.2, 0.25) is 0 Å². The van der Waals surface area contributed by atoms with Crippen LogP contribution in [0.2, 0.25) is 0 Å². The largest absolute Gasteiger partial charge is 0.469 e. The van der Waals surface area contributed by atoms with E-state index in [1.165, 1.54) is 0 Å². The molecule has 0 bridgehead atoms. The molecule has 0 aliphatic heterocycles. The zero-order chi connectivity index (χ0) is 11.3. The topological polar surface area (TPSA) is 68.3 Å². The molecule has 0 saturated heterocycles. The van der Waals surface area contributed by atoms with Crippen molar-refractivity contribution in [2.24, 2.45) is 11.7 Å². The first-order chi connectivity index (χ1) is 7.19. The number of amides is 1. The summed E-state index contributed by atoms with van der Waals surface area (Å²) in [6.07, 6.45) is 2.27. The Morgan fingerprint density at radius 3 is 3.00 bits per heavy atom. The van der Waals surface area contributed by atoms with Crippen LogP contribution in [0, 0.1) is 5.92 Å². The van der Waals surface area contributed by atoms with Gasteiger partial charge in [-0.2, -0.15) is 0 Å². The number of carbonyl (C=O) groups is 1. The molecule has 1 aromatic heterocycles. The third-order valence-electron chi connectivity index (χ3n) is 2.32. The number of hydrogen-bond donors (Lipinski definition) is 2. The summed E-state index contributed by atoms with van der Waals surface area (Å²) in [6, 6.07) is 1.70. The molecule has 0 aliphatic rings. The highest BCUT2D eigenvalue weighted by molar-refractivity contribution is 5.95. The fraction of sp³-hybridized carbons (Fsp3) is 0.545. The van der Waals surface area contributed by atoms with E-state index < -0.39 is 0 Å². The molecule has 1 aromatic rings. The van der Waals surface area contributed by atoms with Crippen molar-refractivity contribution in [1.29, 1.82) is 0 Å². The standard InChI is InChI=1S/C11H18N2O2/c1-3-10-9(4-5-15-10)11(14)13-7-8(2)6-12/h4-5,8H,3,6-7,12H2,1-2H3,(H,13,14).